The second-order valence-electron chi connectivity index (χ2n) is 4.34. The molecule has 1 aliphatic heterocycles. The highest BCUT2D eigenvalue weighted by Crippen LogP contribution is 1.98. The van der Waals surface area contributed by atoms with Crippen LogP contribution < -0.4 is 5.32 Å². The van der Waals surface area contributed by atoms with Crippen LogP contribution in [0.5, 0.6) is 0 Å². The highest BCUT2D eigenvalue weighted by Gasteiger charge is 2.08. The Morgan fingerprint density at radius 3 is 2.50 bits per heavy atom. The summed E-state index contributed by atoms with van der Waals surface area (Å²) in [6.07, 6.45) is 4.56. The normalized spacial score (nSPS) is 17.8. The van der Waals surface area contributed by atoms with E-state index in [1.165, 1.54) is 12.8 Å². The van der Waals surface area contributed by atoms with Crippen molar-refractivity contribution in [3.63, 3.8) is 0 Å². The Labute approximate surface area is 99.0 Å². The van der Waals surface area contributed by atoms with E-state index in [2.05, 4.69) is 10.2 Å². The molecule has 1 aliphatic rings. The van der Waals surface area contributed by atoms with Crippen molar-refractivity contribution in [1.82, 2.24) is 10.2 Å². The zero-order valence-electron chi connectivity index (χ0n) is 10.3. The molecule has 0 aromatic carbocycles. The number of nitrogens with one attached hydrogen (secondary N) is 1. The van der Waals surface area contributed by atoms with Gasteiger partial charge in [0.05, 0.1) is 13.2 Å². The lowest BCUT2D eigenvalue weighted by Gasteiger charge is -2.26. The molecule has 1 rings (SSSR count). The van der Waals surface area contributed by atoms with Gasteiger partial charge in [0.1, 0.15) is 0 Å². The molecule has 0 aliphatic carbocycles. The molecule has 2 N–H and O–H groups in total. The minimum Gasteiger partial charge on any atom is -0.396 e. The molecule has 0 spiro atoms. The third-order valence-electron chi connectivity index (χ3n) is 2.97. The van der Waals surface area contributed by atoms with Crippen LogP contribution >= 0.6 is 0 Å². The van der Waals surface area contributed by atoms with Crippen LogP contribution in [0.25, 0.3) is 0 Å². The number of nitrogens with zero attached hydrogens (tertiary/aromatic N) is 1. The van der Waals surface area contributed by atoms with Crippen LogP contribution in [-0.2, 0) is 4.74 Å². The van der Waals surface area contributed by atoms with Gasteiger partial charge in [-0.1, -0.05) is 12.8 Å². The molecule has 0 radical (unpaired) electrons. The van der Waals surface area contributed by atoms with E-state index in [9.17, 15) is 0 Å². The topological polar surface area (TPSA) is 44.7 Å². The molecule has 0 aromatic heterocycles. The Balaban J connectivity index is 1.77. The monoisotopic (exact) mass is 230 g/mol. The van der Waals surface area contributed by atoms with E-state index < -0.39 is 0 Å². The standard InChI is InChI=1S/C12H26N2O2/c15-10-4-2-1-3-5-13-6-7-14-8-11-16-12-9-14/h13,15H,1-12H2. The smallest absolute Gasteiger partial charge is 0.0594 e. The van der Waals surface area contributed by atoms with Crippen molar-refractivity contribution < 1.29 is 9.84 Å². The van der Waals surface area contributed by atoms with E-state index in [0.29, 0.717) is 6.61 Å². The van der Waals surface area contributed by atoms with E-state index in [0.717, 1.165) is 58.8 Å². The van der Waals surface area contributed by atoms with Gasteiger partial charge >= 0.3 is 0 Å². The summed E-state index contributed by atoms with van der Waals surface area (Å²) in [5.74, 6) is 0. The van der Waals surface area contributed by atoms with Crippen molar-refractivity contribution in [2.24, 2.45) is 0 Å². The molecule has 4 nitrogen and oxygen atoms in total. The van der Waals surface area contributed by atoms with Crippen molar-refractivity contribution >= 4 is 0 Å². The zero-order chi connectivity index (χ0) is 11.5. The number of hydrogen-bond donors (Lipinski definition) is 2. The van der Waals surface area contributed by atoms with Crippen molar-refractivity contribution in [2.45, 2.75) is 25.7 Å². The molecule has 1 heterocycles. The maximum Gasteiger partial charge on any atom is 0.0594 e. The van der Waals surface area contributed by atoms with Crippen LogP contribution in [-0.4, -0.2) is 62.6 Å². The number of aliphatic hydroxyl groups is 1. The van der Waals surface area contributed by atoms with Crippen LogP contribution in [0.3, 0.4) is 0 Å². The van der Waals surface area contributed by atoms with Crippen LogP contribution in [0, 0.1) is 0 Å². The Morgan fingerprint density at radius 2 is 1.75 bits per heavy atom. The molecule has 4 heteroatoms. The molecular formula is C12H26N2O2. The average molecular weight is 230 g/mol. The number of morpholine rings is 1. The first-order valence-corrected chi connectivity index (χ1v) is 6.55. The van der Waals surface area contributed by atoms with E-state index in [-0.39, 0.29) is 0 Å². The number of ether oxygens (including phenoxy) is 1. The summed E-state index contributed by atoms with van der Waals surface area (Å²) < 4.78 is 5.30. The number of aliphatic hydroxyl groups excluding tert-OH is 1. The average Bonchev–Trinajstić information content (AvgIpc) is 2.34. The summed E-state index contributed by atoms with van der Waals surface area (Å²) in [6, 6.07) is 0. The van der Waals surface area contributed by atoms with Crippen LogP contribution in [0.1, 0.15) is 25.7 Å². The molecule has 0 atom stereocenters. The number of unbranched alkanes of at least 4 members (excludes halogenated alkanes) is 3. The largest absolute Gasteiger partial charge is 0.396 e. The molecule has 0 bridgehead atoms. The maximum atomic E-state index is 8.62. The second kappa shape index (κ2) is 10.0. The molecule has 0 amide bonds. The molecule has 0 saturated carbocycles. The van der Waals surface area contributed by atoms with Gasteiger partial charge in [0.2, 0.25) is 0 Å². The predicted molar refractivity (Wildman–Crippen MR) is 65.7 cm³/mol. The Morgan fingerprint density at radius 1 is 1.00 bits per heavy atom. The van der Waals surface area contributed by atoms with Gasteiger partial charge in [-0.2, -0.15) is 0 Å². The summed E-state index contributed by atoms with van der Waals surface area (Å²) in [7, 11) is 0. The van der Waals surface area contributed by atoms with E-state index in [4.69, 9.17) is 9.84 Å². The fraction of sp³-hybridized carbons (Fsp3) is 1.00. The summed E-state index contributed by atoms with van der Waals surface area (Å²) >= 11 is 0. The SMILES string of the molecule is OCCCCCCNCCN1CCOCC1. The van der Waals surface area contributed by atoms with Crippen LogP contribution in [0.15, 0.2) is 0 Å². The van der Waals surface area contributed by atoms with E-state index >= 15 is 0 Å². The van der Waals surface area contributed by atoms with Gasteiger partial charge in [-0.25, -0.2) is 0 Å². The molecule has 0 aromatic rings. The Hall–Kier alpha value is -0.160. The first kappa shape index (κ1) is 13.9. The van der Waals surface area contributed by atoms with E-state index in [1.807, 2.05) is 0 Å². The second-order valence-corrected chi connectivity index (χ2v) is 4.34. The zero-order valence-corrected chi connectivity index (χ0v) is 10.3. The van der Waals surface area contributed by atoms with Gasteiger partial charge in [-0.15, -0.1) is 0 Å². The Kier molecular flexibility index (Phi) is 8.71. The lowest BCUT2D eigenvalue weighted by Crippen LogP contribution is -2.40. The van der Waals surface area contributed by atoms with Crippen molar-refractivity contribution in [2.75, 3.05) is 52.5 Å². The molecule has 1 fully saturated rings. The lowest BCUT2D eigenvalue weighted by atomic mass is 10.2. The molecule has 96 valence electrons. The number of hydrogen-bond acceptors (Lipinski definition) is 4. The van der Waals surface area contributed by atoms with Crippen LogP contribution in [0.4, 0.5) is 0 Å². The van der Waals surface area contributed by atoms with Crippen molar-refractivity contribution in [1.29, 1.82) is 0 Å². The molecular weight excluding hydrogens is 204 g/mol. The molecule has 1 saturated heterocycles. The van der Waals surface area contributed by atoms with Crippen molar-refractivity contribution in [3.05, 3.63) is 0 Å². The molecule has 16 heavy (non-hydrogen) atoms. The number of rotatable bonds is 9. The highest BCUT2D eigenvalue weighted by molar-refractivity contribution is 4.63. The van der Waals surface area contributed by atoms with Crippen molar-refractivity contribution in [3.8, 4) is 0 Å². The summed E-state index contributed by atoms with van der Waals surface area (Å²) in [5.41, 5.74) is 0. The Bertz CT molecular complexity index is 150. The molecule has 0 unspecified atom stereocenters. The van der Waals surface area contributed by atoms with Gasteiger partial charge in [-0.3, -0.25) is 4.90 Å². The van der Waals surface area contributed by atoms with Gasteiger partial charge in [-0.05, 0) is 19.4 Å². The van der Waals surface area contributed by atoms with Gasteiger partial charge in [0.25, 0.3) is 0 Å². The van der Waals surface area contributed by atoms with Crippen LogP contribution in [0.2, 0.25) is 0 Å². The summed E-state index contributed by atoms with van der Waals surface area (Å²) in [6.45, 7) is 7.61. The third-order valence-corrected chi connectivity index (χ3v) is 2.97. The fourth-order valence-electron chi connectivity index (χ4n) is 1.90. The highest BCUT2D eigenvalue weighted by atomic mass is 16.5. The fourth-order valence-corrected chi connectivity index (χ4v) is 1.90. The van der Waals surface area contributed by atoms with E-state index in [1.54, 1.807) is 0 Å². The minimum absolute atomic E-state index is 0.338. The summed E-state index contributed by atoms with van der Waals surface area (Å²) in [4.78, 5) is 2.45. The predicted octanol–water partition coefficient (Wildman–Crippen LogP) is 0.461. The quantitative estimate of drug-likeness (QED) is 0.565. The maximum absolute atomic E-state index is 8.62. The lowest BCUT2D eigenvalue weighted by molar-refractivity contribution is 0.0384. The van der Waals surface area contributed by atoms with Gasteiger partial charge < -0.3 is 15.2 Å². The first-order chi connectivity index (χ1) is 7.93. The first-order valence-electron chi connectivity index (χ1n) is 6.55. The van der Waals surface area contributed by atoms with Gasteiger partial charge in [0.15, 0.2) is 0 Å². The van der Waals surface area contributed by atoms with Gasteiger partial charge in [0, 0.05) is 32.8 Å². The minimum atomic E-state index is 0.338. The summed E-state index contributed by atoms with van der Waals surface area (Å²) in [5, 5.41) is 12.1. The third kappa shape index (κ3) is 7.17.